The van der Waals surface area contributed by atoms with Crippen molar-refractivity contribution in [3.8, 4) is 0 Å². The highest BCUT2D eigenvalue weighted by Gasteiger charge is 2.17. The van der Waals surface area contributed by atoms with Crippen molar-refractivity contribution in [2.75, 3.05) is 6.54 Å². The number of nitrogens with zero attached hydrogens (tertiary/aromatic N) is 4. The Labute approximate surface area is 108 Å². The summed E-state index contributed by atoms with van der Waals surface area (Å²) >= 11 is 0. The Bertz CT molecular complexity index is 457. The van der Waals surface area contributed by atoms with Crippen LogP contribution in [0.15, 0.2) is 31.2 Å². The fourth-order valence-corrected chi connectivity index (χ4v) is 2.20. The van der Waals surface area contributed by atoms with Gasteiger partial charge in [0.1, 0.15) is 0 Å². The van der Waals surface area contributed by atoms with Crippen molar-refractivity contribution in [3.63, 3.8) is 0 Å². The average Bonchev–Trinajstić information content (AvgIpc) is 2.97. The largest absolute Gasteiger partial charge is 0.336 e. The molecule has 0 amide bonds. The molecular formula is C13H21N5. The molecule has 2 rings (SSSR count). The molecule has 0 aromatic carbocycles. The van der Waals surface area contributed by atoms with E-state index in [0.717, 1.165) is 13.1 Å². The summed E-state index contributed by atoms with van der Waals surface area (Å²) in [4.78, 5) is 8.30. The smallest absolute Gasteiger partial charge is 0.0948 e. The van der Waals surface area contributed by atoms with Crippen LogP contribution in [0.2, 0.25) is 0 Å². The average molecular weight is 247 g/mol. The predicted octanol–water partition coefficient (Wildman–Crippen LogP) is 1.48. The van der Waals surface area contributed by atoms with E-state index in [1.807, 2.05) is 25.0 Å². The van der Waals surface area contributed by atoms with E-state index in [0.29, 0.717) is 18.4 Å². The molecule has 0 saturated carbocycles. The minimum absolute atomic E-state index is 0.371. The van der Waals surface area contributed by atoms with Crippen molar-refractivity contribution in [2.24, 2.45) is 11.7 Å². The van der Waals surface area contributed by atoms with Crippen LogP contribution < -0.4 is 5.73 Å². The predicted molar refractivity (Wildman–Crippen MR) is 71.1 cm³/mol. The molecule has 1 atom stereocenters. The molecule has 2 heterocycles. The molecule has 1 unspecified atom stereocenters. The number of aromatic nitrogens is 4. The van der Waals surface area contributed by atoms with Crippen molar-refractivity contribution in [1.29, 1.82) is 0 Å². The Kier molecular flexibility index (Phi) is 4.15. The summed E-state index contributed by atoms with van der Waals surface area (Å²) in [5, 5.41) is 0. The van der Waals surface area contributed by atoms with Crippen molar-refractivity contribution < 1.29 is 0 Å². The van der Waals surface area contributed by atoms with Crippen molar-refractivity contribution in [3.05, 3.63) is 36.9 Å². The van der Waals surface area contributed by atoms with E-state index in [9.17, 15) is 0 Å². The number of aryl methyl sites for hydroxylation is 2. The van der Waals surface area contributed by atoms with Gasteiger partial charge >= 0.3 is 0 Å². The first kappa shape index (κ1) is 12.8. The van der Waals surface area contributed by atoms with Gasteiger partial charge in [0.15, 0.2) is 0 Å². The number of hydrogen-bond acceptors (Lipinski definition) is 3. The zero-order chi connectivity index (χ0) is 13.0. The zero-order valence-electron chi connectivity index (χ0n) is 11.0. The third kappa shape index (κ3) is 2.79. The first-order valence-electron chi connectivity index (χ1n) is 6.38. The second-order valence-corrected chi connectivity index (χ2v) is 4.90. The Morgan fingerprint density at radius 3 is 2.67 bits per heavy atom. The maximum atomic E-state index is 5.87. The van der Waals surface area contributed by atoms with E-state index < -0.39 is 0 Å². The molecule has 0 aliphatic rings. The molecule has 98 valence electrons. The fourth-order valence-electron chi connectivity index (χ4n) is 2.20. The summed E-state index contributed by atoms with van der Waals surface area (Å²) in [7, 11) is 0. The van der Waals surface area contributed by atoms with E-state index in [-0.39, 0.29) is 0 Å². The van der Waals surface area contributed by atoms with Crippen molar-refractivity contribution >= 4 is 0 Å². The van der Waals surface area contributed by atoms with E-state index >= 15 is 0 Å². The molecule has 0 saturated heterocycles. The Morgan fingerprint density at radius 2 is 2.06 bits per heavy atom. The summed E-state index contributed by atoms with van der Waals surface area (Å²) < 4.78 is 4.26. The fraction of sp³-hybridized carbons (Fsp3) is 0.538. The maximum Gasteiger partial charge on any atom is 0.0948 e. The third-order valence-corrected chi connectivity index (χ3v) is 3.34. The van der Waals surface area contributed by atoms with E-state index in [2.05, 4.69) is 32.9 Å². The number of nitrogens with two attached hydrogens (primary N) is 1. The van der Waals surface area contributed by atoms with Crippen molar-refractivity contribution in [2.45, 2.75) is 32.9 Å². The number of hydrogen-bond donors (Lipinski definition) is 1. The van der Waals surface area contributed by atoms with Gasteiger partial charge in [-0.2, -0.15) is 0 Å². The normalized spacial score (nSPS) is 13.1. The summed E-state index contributed by atoms with van der Waals surface area (Å²) in [5.41, 5.74) is 7.10. The van der Waals surface area contributed by atoms with Gasteiger partial charge in [-0.15, -0.1) is 0 Å². The Morgan fingerprint density at radius 1 is 1.22 bits per heavy atom. The van der Waals surface area contributed by atoms with E-state index in [1.54, 1.807) is 6.20 Å². The monoisotopic (exact) mass is 247 g/mol. The SMILES string of the molecule is CC(C)C(CN)c1cncn1CCn1ccnc1. The Hall–Kier alpha value is -1.62. The molecular weight excluding hydrogens is 226 g/mol. The van der Waals surface area contributed by atoms with Gasteiger partial charge in [0.05, 0.1) is 12.7 Å². The second kappa shape index (κ2) is 5.82. The Balaban J connectivity index is 2.07. The molecule has 0 bridgehead atoms. The third-order valence-electron chi connectivity index (χ3n) is 3.34. The minimum atomic E-state index is 0.371. The first-order valence-corrected chi connectivity index (χ1v) is 6.38. The molecule has 0 radical (unpaired) electrons. The molecule has 0 aliphatic heterocycles. The number of imidazole rings is 2. The highest BCUT2D eigenvalue weighted by Crippen LogP contribution is 2.22. The van der Waals surface area contributed by atoms with E-state index in [1.165, 1.54) is 5.69 Å². The van der Waals surface area contributed by atoms with Gasteiger partial charge in [-0.1, -0.05) is 13.8 Å². The van der Waals surface area contributed by atoms with Crippen LogP contribution in [0.5, 0.6) is 0 Å². The zero-order valence-corrected chi connectivity index (χ0v) is 11.0. The van der Waals surface area contributed by atoms with Crippen molar-refractivity contribution in [1.82, 2.24) is 19.1 Å². The molecule has 2 aromatic heterocycles. The van der Waals surface area contributed by atoms with Crippen LogP contribution in [0.3, 0.4) is 0 Å². The van der Waals surface area contributed by atoms with Gasteiger partial charge in [0.2, 0.25) is 0 Å². The van der Waals surface area contributed by atoms with Crippen LogP contribution in [0.25, 0.3) is 0 Å². The van der Waals surface area contributed by atoms with Gasteiger partial charge in [-0.05, 0) is 5.92 Å². The summed E-state index contributed by atoms with van der Waals surface area (Å²) in [6.45, 7) is 6.86. The highest BCUT2D eigenvalue weighted by molar-refractivity contribution is 5.08. The number of rotatable bonds is 6. The standard InChI is InChI=1S/C13H21N5/c1-11(2)12(7-14)13-8-16-10-18(13)6-5-17-4-3-15-9-17/h3-4,8-12H,5-7,14H2,1-2H3. The molecule has 0 aliphatic carbocycles. The molecule has 0 spiro atoms. The first-order chi connectivity index (χ1) is 8.72. The summed E-state index contributed by atoms with van der Waals surface area (Å²) in [6, 6.07) is 0. The lowest BCUT2D eigenvalue weighted by Crippen LogP contribution is -2.21. The molecule has 0 fully saturated rings. The quantitative estimate of drug-likeness (QED) is 0.841. The summed E-state index contributed by atoms with van der Waals surface area (Å²) in [6.07, 6.45) is 9.42. The summed E-state index contributed by atoms with van der Waals surface area (Å²) in [5.74, 6) is 0.897. The minimum Gasteiger partial charge on any atom is -0.336 e. The van der Waals surface area contributed by atoms with Crippen LogP contribution in [0.1, 0.15) is 25.5 Å². The van der Waals surface area contributed by atoms with Gasteiger partial charge in [-0.3, -0.25) is 0 Å². The molecule has 5 nitrogen and oxygen atoms in total. The molecule has 5 heteroatoms. The van der Waals surface area contributed by atoms with Crippen LogP contribution in [-0.2, 0) is 13.1 Å². The molecule has 2 aromatic rings. The lowest BCUT2D eigenvalue weighted by atomic mass is 9.93. The second-order valence-electron chi connectivity index (χ2n) is 4.90. The van der Waals surface area contributed by atoms with Crippen LogP contribution in [0, 0.1) is 5.92 Å². The lowest BCUT2D eigenvalue weighted by Gasteiger charge is -2.20. The van der Waals surface area contributed by atoms with Gasteiger partial charge in [0.25, 0.3) is 0 Å². The van der Waals surface area contributed by atoms with E-state index in [4.69, 9.17) is 5.73 Å². The van der Waals surface area contributed by atoms with Gasteiger partial charge < -0.3 is 14.9 Å². The highest BCUT2D eigenvalue weighted by atomic mass is 15.1. The van der Waals surface area contributed by atoms with Gasteiger partial charge in [0, 0.05) is 49.8 Å². The lowest BCUT2D eigenvalue weighted by molar-refractivity contribution is 0.461. The molecule has 2 N–H and O–H groups in total. The van der Waals surface area contributed by atoms with Gasteiger partial charge in [-0.25, -0.2) is 9.97 Å². The maximum absolute atomic E-state index is 5.87. The van der Waals surface area contributed by atoms with Crippen LogP contribution in [0.4, 0.5) is 0 Å². The van der Waals surface area contributed by atoms with Crippen LogP contribution >= 0.6 is 0 Å². The topological polar surface area (TPSA) is 61.7 Å². The molecule has 18 heavy (non-hydrogen) atoms. The van der Waals surface area contributed by atoms with Crippen LogP contribution in [-0.4, -0.2) is 25.6 Å².